The van der Waals surface area contributed by atoms with Crippen LogP contribution in [-0.2, 0) is 10.3 Å². The fourth-order valence-corrected chi connectivity index (χ4v) is 6.66. The van der Waals surface area contributed by atoms with Crippen molar-refractivity contribution < 1.29 is 19.1 Å². The van der Waals surface area contributed by atoms with Gasteiger partial charge >= 0.3 is 0 Å². The van der Waals surface area contributed by atoms with Crippen LogP contribution < -0.4 is 29.6 Å². The number of methoxy groups -OCH3 is 1. The van der Waals surface area contributed by atoms with Gasteiger partial charge in [-0.1, -0.05) is 49.8 Å². The smallest absolute Gasteiger partial charge is 0.271 e. The number of piperazine rings is 1. The molecule has 0 radical (unpaired) electrons. The summed E-state index contributed by atoms with van der Waals surface area (Å²) in [6.45, 7) is 7.49. The van der Waals surface area contributed by atoms with E-state index in [9.17, 15) is 14.7 Å². The standard InChI is InChI=1S/C29H34N4O5S/c1-5-9-21-25(27(35)36)29(6-2,20-10-7-8-11-22(20)37-4)33-26(34)23(39-28(33)30-21)18-19-12-13-24(38-19)32-16-14-31(3)15-17-32/h7-8,10-13,18H,5-6,9,14-17H2,1-4H3,(H,35,36)/p-1. The third kappa shape index (κ3) is 4.61. The summed E-state index contributed by atoms with van der Waals surface area (Å²) in [5.74, 6) is 0.477. The van der Waals surface area contributed by atoms with Gasteiger partial charge < -0.3 is 28.9 Å². The van der Waals surface area contributed by atoms with Gasteiger partial charge in [-0.3, -0.25) is 9.36 Å². The number of benzene rings is 1. The molecule has 5 rings (SSSR count). The number of aromatic nitrogens is 1. The molecule has 39 heavy (non-hydrogen) atoms. The summed E-state index contributed by atoms with van der Waals surface area (Å²) in [5, 5.41) is 12.8. The van der Waals surface area contributed by atoms with Gasteiger partial charge in [0.25, 0.3) is 5.56 Å². The Morgan fingerprint density at radius 2 is 1.92 bits per heavy atom. The highest BCUT2D eigenvalue weighted by Gasteiger charge is 2.45. The van der Waals surface area contributed by atoms with Crippen LogP contribution in [0.3, 0.4) is 0 Å². The number of rotatable bonds is 8. The molecule has 1 fully saturated rings. The molecule has 0 spiro atoms. The maximum atomic E-state index is 14.1. The summed E-state index contributed by atoms with van der Waals surface area (Å²) in [7, 11) is 3.64. The molecule has 1 saturated heterocycles. The van der Waals surface area contributed by atoms with Crippen LogP contribution >= 0.6 is 11.3 Å². The Hall–Kier alpha value is -3.63. The number of carbonyl (C=O) groups is 1. The van der Waals surface area contributed by atoms with Crippen molar-refractivity contribution in [3.8, 4) is 5.75 Å². The number of aliphatic carboxylic acids is 1. The zero-order valence-electron chi connectivity index (χ0n) is 22.7. The molecular weight excluding hydrogens is 516 g/mol. The second kappa shape index (κ2) is 10.9. The van der Waals surface area contributed by atoms with Crippen molar-refractivity contribution in [1.82, 2.24) is 9.47 Å². The monoisotopic (exact) mass is 549 g/mol. The van der Waals surface area contributed by atoms with Gasteiger partial charge in [-0.2, -0.15) is 0 Å². The predicted octanol–water partition coefficient (Wildman–Crippen LogP) is 1.68. The fourth-order valence-electron chi connectivity index (χ4n) is 5.62. The highest BCUT2D eigenvalue weighted by atomic mass is 32.1. The molecule has 2 aliphatic heterocycles. The Balaban J connectivity index is 1.71. The number of allylic oxidation sites excluding steroid dienone is 1. The molecule has 2 aromatic heterocycles. The van der Waals surface area contributed by atoms with E-state index < -0.39 is 11.5 Å². The van der Waals surface area contributed by atoms with Crippen LogP contribution in [0.15, 0.2) is 61.9 Å². The molecule has 4 heterocycles. The van der Waals surface area contributed by atoms with E-state index in [-0.39, 0.29) is 17.6 Å². The van der Waals surface area contributed by atoms with Crippen LogP contribution in [0.2, 0.25) is 0 Å². The first-order valence-corrected chi connectivity index (χ1v) is 14.1. The molecule has 0 aliphatic carbocycles. The van der Waals surface area contributed by atoms with Crippen molar-refractivity contribution in [2.24, 2.45) is 4.99 Å². The minimum absolute atomic E-state index is 0.00523. The molecule has 0 saturated carbocycles. The highest BCUT2D eigenvalue weighted by molar-refractivity contribution is 7.07. The maximum absolute atomic E-state index is 14.1. The average Bonchev–Trinajstić information content (AvgIpc) is 3.52. The average molecular weight is 550 g/mol. The van der Waals surface area contributed by atoms with E-state index in [4.69, 9.17) is 14.1 Å². The quantitative estimate of drug-likeness (QED) is 0.421. The number of para-hydroxylation sites is 1. The number of hydrogen-bond acceptors (Lipinski definition) is 9. The third-order valence-corrected chi connectivity index (χ3v) is 8.55. The maximum Gasteiger partial charge on any atom is 0.271 e. The molecule has 9 nitrogen and oxygen atoms in total. The van der Waals surface area contributed by atoms with E-state index in [1.807, 2.05) is 44.2 Å². The molecule has 2 aliphatic rings. The Labute approximate surface area is 231 Å². The van der Waals surface area contributed by atoms with E-state index in [1.54, 1.807) is 12.1 Å². The third-order valence-electron chi connectivity index (χ3n) is 7.58. The van der Waals surface area contributed by atoms with Crippen molar-refractivity contribution in [2.75, 3.05) is 45.2 Å². The number of furan rings is 1. The van der Waals surface area contributed by atoms with Crippen LogP contribution in [0, 0.1) is 0 Å². The van der Waals surface area contributed by atoms with E-state index in [0.717, 1.165) is 32.1 Å². The molecule has 10 heteroatoms. The van der Waals surface area contributed by atoms with Gasteiger partial charge in [-0.25, -0.2) is 4.99 Å². The Kier molecular flexibility index (Phi) is 7.51. The van der Waals surface area contributed by atoms with Crippen LogP contribution in [0.4, 0.5) is 5.88 Å². The number of likely N-dealkylation sites (N-methyl/N-ethyl adjacent to an activating group) is 1. The lowest BCUT2D eigenvalue weighted by Gasteiger charge is -2.40. The van der Waals surface area contributed by atoms with Crippen LogP contribution in [0.5, 0.6) is 5.75 Å². The van der Waals surface area contributed by atoms with Crippen molar-refractivity contribution in [2.45, 2.75) is 38.6 Å². The molecule has 1 unspecified atom stereocenters. The van der Waals surface area contributed by atoms with Gasteiger partial charge in [0.1, 0.15) is 17.0 Å². The molecule has 1 atom stereocenters. The molecule has 0 amide bonds. The number of hydrogen-bond donors (Lipinski definition) is 0. The minimum Gasteiger partial charge on any atom is -0.545 e. The summed E-state index contributed by atoms with van der Waals surface area (Å²) >= 11 is 1.23. The van der Waals surface area contributed by atoms with Gasteiger partial charge in [-0.05, 0) is 32.0 Å². The minimum atomic E-state index is -1.35. The van der Waals surface area contributed by atoms with Gasteiger partial charge in [0.05, 0.1) is 23.3 Å². The number of carboxylic acids is 1. The lowest BCUT2D eigenvalue weighted by Crippen LogP contribution is -2.54. The molecule has 1 aromatic carbocycles. The number of fused-ring (bicyclic) bond motifs is 1. The number of nitrogens with zero attached hydrogens (tertiary/aromatic N) is 4. The zero-order chi connectivity index (χ0) is 27.7. The number of anilines is 1. The second-order valence-corrected chi connectivity index (χ2v) is 10.9. The predicted molar refractivity (Wildman–Crippen MR) is 149 cm³/mol. The van der Waals surface area contributed by atoms with Crippen molar-refractivity contribution in [3.63, 3.8) is 0 Å². The van der Waals surface area contributed by atoms with E-state index in [0.29, 0.717) is 44.9 Å². The highest BCUT2D eigenvalue weighted by Crippen LogP contribution is 2.43. The first-order valence-electron chi connectivity index (χ1n) is 13.3. The molecule has 3 aromatic rings. The molecule has 0 bridgehead atoms. The van der Waals surface area contributed by atoms with Crippen molar-refractivity contribution in [3.05, 3.63) is 78.7 Å². The lowest BCUT2D eigenvalue weighted by atomic mass is 9.77. The number of carboxylic acid groups (broad SMARTS) is 1. The number of ether oxygens (including phenoxy) is 1. The summed E-state index contributed by atoms with van der Waals surface area (Å²) in [4.78, 5) is 36.5. The van der Waals surface area contributed by atoms with Crippen molar-refractivity contribution in [1.29, 1.82) is 0 Å². The molecular formula is C29H33N4O5S-. The summed E-state index contributed by atoms with van der Waals surface area (Å²) < 4.78 is 13.7. The van der Waals surface area contributed by atoms with E-state index in [1.165, 1.54) is 23.0 Å². The van der Waals surface area contributed by atoms with Gasteiger partial charge in [0, 0.05) is 49.5 Å². The summed E-state index contributed by atoms with van der Waals surface area (Å²) in [6.07, 6.45) is 3.14. The normalized spacial score (nSPS) is 20.2. The Morgan fingerprint density at radius 1 is 1.18 bits per heavy atom. The first-order chi connectivity index (χ1) is 18.8. The largest absolute Gasteiger partial charge is 0.545 e. The van der Waals surface area contributed by atoms with Gasteiger partial charge in [0.15, 0.2) is 10.7 Å². The van der Waals surface area contributed by atoms with Gasteiger partial charge in [-0.15, -0.1) is 0 Å². The summed E-state index contributed by atoms with van der Waals surface area (Å²) in [5.41, 5.74) is -0.668. The molecule has 206 valence electrons. The Bertz CT molecular complexity index is 1590. The lowest BCUT2D eigenvalue weighted by molar-refractivity contribution is -0.300. The second-order valence-electron chi connectivity index (χ2n) is 9.89. The first kappa shape index (κ1) is 27.0. The van der Waals surface area contributed by atoms with E-state index >= 15 is 0 Å². The van der Waals surface area contributed by atoms with Crippen LogP contribution in [0.1, 0.15) is 44.4 Å². The van der Waals surface area contributed by atoms with Crippen LogP contribution in [0.25, 0.3) is 6.08 Å². The topological polar surface area (TPSA) is 103 Å². The Morgan fingerprint density at radius 3 is 2.59 bits per heavy atom. The molecule has 0 N–H and O–H groups in total. The van der Waals surface area contributed by atoms with Crippen molar-refractivity contribution >= 4 is 29.3 Å². The SMILES string of the molecule is CCCC1=C(C(=O)[O-])C(CC)(c2ccccc2OC)n2c(sc(=Cc3ccc(N4CCN(C)CC4)o3)c2=O)=N1. The summed E-state index contributed by atoms with van der Waals surface area (Å²) in [6, 6.07) is 11.0. The van der Waals surface area contributed by atoms with Crippen LogP contribution in [-0.4, -0.2) is 55.8 Å². The number of carbonyl (C=O) groups excluding carboxylic acids is 1. The van der Waals surface area contributed by atoms with Gasteiger partial charge in [0.2, 0.25) is 0 Å². The fraction of sp³-hybridized carbons (Fsp3) is 0.414. The van der Waals surface area contributed by atoms with E-state index in [2.05, 4.69) is 16.8 Å². The zero-order valence-corrected chi connectivity index (χ0v) is 23.5. The number of thiazole rings is 1.